The van der Waals surface area contributed by atoms with Crippen molar-refractivity contribution in [3.8, 4) is 0 Å². The molecule has 8 rings (SSSR count). The lowest BCUT2D eigenvalue weighted by Gasteiger charge is -2.78. The number of hydrogen-bond acceptors (Lipinski definition) is 4. The summed E-state index contributed by atoms with van der Waals surface area (Å²) in [6.45, 7) is 8.62. The van der Waals surface area contributed by atoms with Crippen LogP contribution in [0.4, 0.5) is 0 Å². The van der Waals surface area contributed by atoms with Crippen LogP contribution < -0.4 is 0 Å². The van der Waals surface area contributed by atoms with E-state index in [0.29, 0.717) is 35.5 Å². The van der Waals surface area contributed by atoms with Crippen LogP contribution in [0.1, 0.15) is 51.9 Å². The van der Waals surface area contributed by atoms with Gasteiger partial charge in [0.1, 0.15) is 6.23 Å². The van der Waals surface area contributed by atoms with E-state index in [9.17, 15) is 9.90 Å². The molecule has 8 aliphatic rings. The van der Waals surface area contributed by atoms with E-state index >= 15 is 0 Å². The normalized spacial score (nSPS) is 57.4. The molecule has 3 aliphatic heterocycles. The Kier molecular flexibility index (Phi) is 3.01. The number of allylic oxidation sites excluding steroid dienone is 1. The fourth-order valence-corrected chi connectivity index (χ4v) is 9.06. The Hall–Kier alpha value is -0.710. The van der Waals surface area contributed by atoms with Gasteiger partial charge >= 0.3 is 0 Å². The summed E-state index contributed by atoms with van der Waals surface area (Å²) in [7, 11) is 0. The second kappa shape index (κ2) is 4.82. The predicted octanol–water partition coefficient (Wildman–Crippen LogP) is 2.76. The standard InChI is InChI=1S/C22H31NO3/c1-13-14-4-7-22(18(13)25)16(10-14)21-6-3-5-20(2)12-23(8-9-24)19(21)26-17(22)11-15(20)21/h14-17,19,24H,1,3-12H2,2H3/t14-,15+,16-,17+,19-,20-,21-,22+/m0/s1. The molecule has 5 aliphatic carbocycles. The van der Waals surface area contributed by atoms with Gasteiger partial charge in [0.15, 0.2) is 5.78 Å². The topological polar surface area (TPSA) is 49.8 Å². The van der Waals surface area contributed by atoms with E-state index in [-0.39, 0.29) is 29.8 Å². The summed E-state index contributed by atoms with van der Waals surface area (Å²) in [5.41, 5.74) is 1.05. The van der Waals surface area contributed by atoms with E-state index in [1.54, 1.807) is 0 Å². The number of aliphatic hydroxyl groups excluding tert-OH is 1. The Morgan fingerprint density at radius 2 is 2.12 bits per heavy atom. The van der Waals surface area contributed by atoms with Crippen molar-refractivity contribution in [3.63, 3.8) is 0 Å². The molecule has 26 heavy (non-hydrogen) atoms. The van der Waals surface area contributed by atoms with Crippen molar-refractivity contribution in [1.29, 1.82) is 0 Å². The lowest BCUT2D eigenvalue weighted by atomic mass is 9.32. The number of piperidine rings is 1. The van der Waals surface area contributed by atoms with Crippen molar-refractivity contribution < 1.29 is 14.6 Å². The van der Waals surface area contributed by atoms with Crippen LogP contribution in [0.15, 0.2) is 12.2 Å². The number of β-amino-alcohol motifs (C(OH)–C–C–N with tert-alkyl or cyclic N) is 1. The molecule has 4 nitrogen and oxygen atoms in total. The van der Waals surface area contributed by atoms with Gasteiger partial charge in [-0.2, -0.15) is 0 Å². The van der Waals surface area contributed by atoms with E-state index in [2.05, 4.69) is 18.4 Å². The number of fused-ring (bicyclic) bond motifs is 2. The quantitative estimate of drug-likeness (QED) is 0.772. The Morgan fingerprint density at radius 1 is 1.27 bits per heavy atom. The highest BCUT2D eigenvalue weighted by molar-refractivity contribution is 6.02. The van der Waals surface area contributed by atoms with Gasteiger partial charge < -0.3 is 9.84 Å². The van der Waals surface area contributed by atoms with Crippen LogP contribution in [0, 0.1) is 34.0 Å². The van der Waals surface area contributed by atoms with Gasteiger partial charge in [-0.15, -0.1) is 0 Å². The van der Waals surface area contributed by atoms with Gasteiger partial charge in [0.2, 0.25) is 0 Å². The molecule has 0 aromatic heterocycles. The van der Waals surface area contributed by atoms with Gasteiger partial charge in [-0.25, -0.2) is 0 Å². The maximum atomic E-state index is 13.5. The number of Topliss-reactive ketones (excluding diaryl/α,β-unsaturated/α-hetero) is 1. The molecule has 3 heterocycles. The summed E-state index contributed by atoms with van der Waals surface area (Å²) in [5, 5.41) is 9.68. The molecule has 3 saturated heterocycles. The average molecular weight is 357 g/mol. The molecular formula is C22H31NO3. The lowest BCUT2D eigenvalue weighted by molar-refractivity contribution is -0.384. The molecule has 1 N–H and O–H groups in total. The zero-order chi connectivity index (χ0) is 17.9. The minimum absolute atomic E-state index is 0.0637. The number of rotatable bonds is 2. The fraction of sp³-hybridized carbons (Fsp3) is 0.864. The predicted molar refractivity (Wildman–Crippen MR) is 97.2 cm³/mol. The minimum Gasteiger partial charge on any atom is -0.395 e. The van der Waals surface area contributed by atoms with Crippen LogP contribution in [0.5, 0.6) is 0 Å². The molecule has 2 spiro atoms. The number of aliphatic hydroxyl groups is 1. The second-order valence-electron chi connectivity index (χ2n) is 10.5. The number of carbonyl (C=O) groups is 1. The molecule has 0 radical (unpaired) electrons. The van der Waals surface area contributed by atoms with Crippen molar-refractivity contribution >= 4 is 5.78 Å². The molecule has 0 unspecified atom stereocenters. The van der Waals surface area contributed by atoms with Crippen LogP contribution in [-0.2, 0) is 9.53 Å². The molecule has 0 aromatic carbocycles. The van der Waals surface area contributed by atoms with E-state index in [4.69, 9.17) is 4.74 Å². The number of likely N-dealkylation sites (tertiary alicyclic amines) is 1. The summed E-state index contributed by atoms with van der Waals surface area (Å²) in [6, 6.07) is 0. The molecule has 8 fully saturated rings. The van der Waals surface area contributed by atoms with Crippen molar-refractivity contribution in [2.75, 3.05) is 19.7 Å². The average Bonchev–Trinajstić information content (AvgIpc) is 2.63. The summed E-state index contributed by atoms with van der Waals surface area (Å²) < 4.78 is 6.80. The van der Waals surface area contributed by atoms with Crippen molar-refractivity contribution in [3.05, 3.63) is 12.2 Å². The summed E-state index contributed by atoms with van der Waals surface area (Å²) in [4.78, 5) is 15.9. The van der Waals surface area contributed by atoms with Gasteiger partial charge in [0.25, 0.3) is 0 Å². The van der Waals surface area contributed by atoms with E-state index in [0.717, 1.165) is 37.8 Å². The van der Waals surface area contributed by atoms with E-state index in [1.807, 2.05) is 0 Å². The highest BCUT2D eigenvalue weighted by atomic mass is 16.5. The molecule has 4 heteroatoms. The van der Waals surface area contributed by atoms with Crippen molar-refractivity contribution in [2.24, 2.45) is 34.0 Å². The third kappa shape index (κ3) is 1.52. The highest BCUT2D eigenvalue weighted by Gasteiger charge is 2.79. The molecule has 8 atom stereocenters. The smallest absolute Gasteiger partial charge is 0.167 e. The monoisotopic (exact) mass is 357 g/mol. The maximum absolute atomic E-state index is 13.5. The van der Waals surface area contributed by atoms with Crippen LogP contribution >= 0.6 is 0 Å². The van der Waals surface area contributed by atoms with Crippen molar-refractivity contribution in [1.82, 2.24) is 4.90 Å². The Morgan fingerprint density at radius 3 is 2.92 bits per heavy atom. The number of carbonyl (C=O) groups excluding carboxylic acids is 1. The first-order chi connectivity index (χ1) is 12.5. The zero-order valence-electron chi connectivity index (χ0n) is 15.9. The largest absolute Gasteiger partial charge is 0.395 e. The Balaban J connectivity index is 1.54. The van der Waals surface area contributed by atoms with Gasteiger partial charge in [0.05, 0.1) is 18.1 Å². The van der Waals surface area contributed by atoms with Gasteiger partial charge in [-0.05, 0) is 67.3 Å². The molecule has 0 aromatic rings. The molecule has 7 bridgehead atoms. The number of nitrogens with zero attached hydrogens (tertiary/aromatic N) is 1. The molecule has 5 saturated carbocycles. The summed E-state index contributed by atoms with van der Waals surface area (Å²) in [6.07, 6.45) is 8.29. The maximum Gasteiger partial charge on any atom is 0.167 e. The third-order valence-corrected chi connectivity index (χ3v) is 9.81. The lowest BCUT2D eigenvalue weighted by Crippen LogP contribution is -2.81. The molecular weight excluding hydrogens is 326 g/mol. The Labute approximate surface area is 156 Å². The SMILES string of the molecule is C=C1C(=O)[C@]23CC[C@H]1C[C@H]2[C@@]12CCC[C@@]4(C)CN(CCO)[C@H]1O[C@@H]3C[C@H]42. The third-order valence-electron chi connectivity index (χ3n) is 9.81. The number of ketones is 1. The number of ether oxygens (including phenoxy) is 1. The first-order valence-electron chi connectivity index (χ1n) is 10.7. The van der Waals surface area contributed by atoms with Gasteiger partial charge in [0, 0.05) is 18.5 Å². The summed E-state index contributed by atoms with van der Waals surface area (Å²) in [5.74, 6) is 1.91. The highest BCUT2D eigenvalue weighted by Crippen LogP contribution is 2.77. The minimum atomic E-state index is -0.278. The van der Waals surface area contributed by atoms with Crippen LogP contribution in [-0.4, -0.2) is 47.8 Å². The second-order valence-corrected chi connectivity index (χ2v) is 10.5. The first kappa shape index (κ1) is 16.3. The van der Waals surface area contributed by atoms with E-state index in [1.165, 1.54) is 19.3 Å². The number of hydrogen-bond donors (Lipinski definition) is 1. The van der Waals surface area contributed by atoms with Crippen LogP contribution in [0.3, 0.4) is 0 Å². The van der Waals surface area contributed by atoms with Gasteiger partial charge in [-0.3, -0.25) is 9.69 Å². The van der Waals surface area contributed by atoms with Crippen LogP contribution in [0.25, 0.3) is 0 Å². The van der Waals surface area contributed by atoms with Crippen molar-refractivity contribution in [2.45, 2.75) is 64.2 Å². The fourth-order valence-electron chi connectivity index (χ4n) is 9.06. The first-order valence-corrected chi connectivity index (χ1v) is 10.7. The van der Waals surface area contributed by atoms with Crippen LogP contribution in [0.2, 0.25) is 0 Å². The zero-order valence-corrected chi connectivity index (χ0v) is 15.9. The van der Waals surface area contributed by atoms with E-state index < -0.39 is 0 Å². The Bertz CT molecular complexity index is 706. The van der Waals surface area contributed by atoms with Gasteiger partial charge in [-0.1, -0.05) is 19.9 Å². The molecule has 0 amide bonds. The molecule has 142 valence electrons. The summed E-state index contributed by atoms with van der Waals surface area (Å²) >= 11 is 0.